The van der Waals surface area contributed by atoms with Crippen LogP contribution in [0.25, 0.3) is 0 Å². The van der Waals surface area contributed by atoms with E-state index in [0.29, 0.717) is 0 Å². The van der Waals surface area contributed by atoms with Crippen molar-refractivity contribution in [3.8, 4) is 0 Å². The third-order valence-electron chi connectivity index (χ3n) is 4.43. The number of ether oxygens (including phenoxy) is 2. The van der Waals surface area contributed by atoms with Gasteiger partial charge >= 0.3 is 5.97 Å². The number of methoxy groups -OCH3 is 1. The van der Waals surface area contributed by atoms with E-state index in [1.165, 1.54) is 63.9 Å². The molecule has 1 rings (SSSR count). The van der Waals surface area contributed by atoms with E-state index < -0.39 is 5.79 Å². The van der Waals surface area contributed by atoms with E-state index in [1.807, 2.05) is 6.92 Å². The Morgan fingerprint density at radius 2 is 1.62 bits per heavy atom. The summed E-state index contributed by atoms with van der Waals surface area (Å²) in [4.78, 5) is 11.2. The lowest BCUT2D eigenvalue weighted by atomic mass is 10.0. The van der Waals surface area contributed by atoms with Gasteiger partial charge in [-0.25, -0.2) is 4.79 Å². The van der Waals surface area contributed by atoms with Crippen molar-refractivity contribution in [2.24, 2.45) is 0 Å². The van der Waals surface area contributed by atoms with Crippen LogP contribution < -0.4 is 0 Å². The van der Waals surface area contributed by atoms with Crippen LogP contribution in [0.4, 0.5) is 0 Å². The van der Waals surface area contributed by atoms with Gasteiger partial charge in [-0.1, -0.05) is 69.2 Å². The second-order valence-corrected chi connectivity index (χ2v) is 6.44. The molecule has 0 aromatic heterocycles. The van der Waals surface area contributed by atoms with Gasteiger partial charge in [0.05, 0.1) is 0 Å². The fraction of sp³-hybridized carbons (Fsp3) is 0.667. The fourth-order valence-corrected chi connectivity index (χ4v) is 2.94. The fourth-order valence-electron chi connectivity index (χ4n) is 2.94. The summed E-state index contributed by atoms with van der Waals surface area (Å²) in [5, 5.41) is 0. The molecule has 1 unspecified atom stereocenters. The molecule has 0 fully saturated rings. The zero-order valence-electron chi connectivity index (χ0n) is 15.5. The van der Waals surface area contributed by atoms with E-state index in [0.717, 1.165) is 12.8 Å². The second-order valence-electron chi connectivity index (χ2n) is 6.44. The summed E-state index contributed by atoms with van der Waals surface area (Å²) in [7, 11) is 1.60. The minimum absolute atomic E-state index is 0.297. The Kier molecular flexibility index (Phi) is 11.2. The van der Waals surface area contributed by atoms with Crippen molar-refractivity contribution in [1.29, 1.82) is 0 Å². The van der Waals surface area contributed by atoms with E-state index in [-0.39, 0.29) is 5.97 Å². The highest BCUT2D eigenvalue weighted by Crippen LogP contribution is 2.27. The first-order valence-corrected chi connectivity index (χ1v) is 9.47. The molecule has 0 spiro atoms. The number of carbonyl (C=O) groups excluding carboxylic acids is 1. The molecule has 0 aliphatic carbocycles. The molecular weight excluding hydrogens is 300 g/mol. The number of esters is 1. The quantitative estimate of drug-likeness (QED) is 0.226. The summed E-state index contributed by atoms with van der Waals surface area (Å²) in [5.41, 5.74) is 0. The summed E-state index contributed by atoms with van der Waals surface area (Å²) < 4.78 is 10.6. The Labute approximate surface area is 147 Å². The Bertz CT molecular complexity index is 423. The van der Waals surface area contributed by atoms with Crippen molar-refractivity contribution >= 4 is 5.97 Å². The smallest absolute Gasteiger partial charge is 0.333 e. The van der Waals surface area contributed by atoms with Crippen LogP contribution in [-0.2, 0) is 14.3 Å². The molecule has 1 heterocycles. The lowest BCUT2D eigenvalue weighted by Crippen LogP contribution is -2.30. The maximum atomic E-state index is 11.2. The summed E-state index contributed by atoms with van der Waals surface area (Å²) >= 11 is 0. The number of hydrogen-bond donors (Lipinski definition) is 0. The van der Waals surface area contributed by atoms with Gasteiger partial charge in [0.15, 0.2) is 0 Å². The monoisotopic (exact) mass is 334 g/mol. The zero-order valence-corrected chi connectivity index (χ0v) is 15.5. The predicted molar refractivity (Wildman–Crippen MR) is 99.7 cm³/mol. The van der Waals surface area contributed by atoms with Gasteiger partial charge in [-0.15, -0.1) is 0 Å². The topological polar surface area (TPSA) is 35.5 Å². The van der Waals surface area contributed by atoms with Gasteiger partial charge in [0.1, 0.15) is 0 Å². The lowest BCUT2D eigenvalue weighted by molar-refractivity contribution is -0.190. The Balaban J connectivity index is 1.87. The van der Waals surface area contributed by atoms with Crippen LogP contribution >= 0.6 is 0 Å². The van der Waals surface area contributed by atoms with E-state index in [2.05, 4.69) is 24.3 Å². The van der Waals surface area contributed by atoms with Gasteiger partial charge in [-0.2, -0.15) is 0 Å². The molecule has 0 saturated heterocycles. The van der Waals surface area contributed by atoms with Crippen molar-refractivity contribution in [3.05, 3.63) is 36.5 Å². The summed E-state index contributed by atoms with van der Waals surface area (Å²) in [6.07, 6.45) is 25.1. The number of unbranched alkanes of at least 4 members (excludes halogenated alkanes) is 9. The van der Waals surface area contributed by atoms with Crippen LogP contribution in [0.1, 0.15) is 77.6 Å². The van der Waals surface area contributed by atoms with Crippen molar-refractivity contribution in [2.75, 3.05) is 7.11 Å². The molecule has 0 aromatic rings. The molecule has 1 aliphatic rings. The van der Waals surface area contributed by atoms with Crippen molar-refractivity contribution < 1.29 is 14.3 Å². The number of carbonyl (C=O) groups is 1. The van der Waals surface area contributed by atoms with Crippen molar-refractivity contribution in [1.82, 2.24) is 0 Å². The van der Waals surface area contributed by atoms with Crippen LogP contribution in [-0.4, -0.2) is 18.9 Å². The van der Waals surface area contributed by atoms with Gasteiger partial charge in [0.2, 0.25) is 5.79 Å². The Morgan fingerprint density at radius 1 is 1.00 bits per heavy atom. The van der Waals surface area contributed by atoms with E-state index in [1.54, 1.807) is 13.2 Å². The van der Waals surface area contributed by atoms with Gasteiger partial charge in [0.25, 0.3) is 0 Å². The maximum absolute atomic E-state index is 11.2. The molecule has 0 saturated carbocycles. The molecular formula is C21H34O3. The zero-order chi connectivity index (χ0) is 17.5. The predicted octanol–water partition coefficient (Wildman–Crippen LogP) is 5.87. The standard InChI is InChI=1S/C21H34O3/c1-3-4-5-6-7-8-9-10-11-12-13-14-15-16-18-21(23-2)19-17-20(22)24-21/h3-6,17,19H,7-16,18H2,1-2H3/b4-3+,6-5+. The maximum Gasteiger partial charge on any atom is 0.333 e. The van der Waals surface area contributed by atoms with Crippen molar-refractivity contribution in [2.45, 2.75) is 83.3 Å². The molecule has 0 N–H and O–H groups in total. The molecule has 0 aromatic carbocycles. The molecule has 24 heavy (non-hydrogen) atoms. The molecule has 3 heteroatoms. The largest absolute Gasteiger partial charge is 0.426 e. The van der Waals surface area contributed by atoms with Crippen LogP contribution in [0, 0.1) is 0 Å². The first kappa shape index (κ1) is 20.7. The summed E-state index contributed by atoms with van der Waals surface area (Å²) in [5.74, 6) is -1.09. The summed E-state index contributed by atoms with van der Waals surface area (Å²) in [6, 6.07) is 0. The molecule has 0 amide bonds. The molecule has 3 nitrogen and oxygen atoms in total. The van der Waals surface area contributed by atoms with Gasteiger partial charge in [0, 0.05) is 19.6 Å². The highest BCUT2D eigenvalue weighted by Gasteiger charge is 2.34. The highest BCUT2D eigenvalue weighted by molar-refractivity contribution is 5.84. The first-order valence-electron chi connectivity index (χ1n) is 9.47. The van der Waals surface area contributed by atoms with E-state index in [4.69, 9.17) is 9.47 Å². The Hall–Kier alpha value is -1.35. The number of cyclic esters (lactones) is 1. The SMILES string of the molecule is C/C=C/C=C/CCCCCCCCCCCC1(OC)C=CC(=O)O1. The second kappa shape index (κ2) is 13.0. The van der Waals surface area contributed by atoms with E-state index in [9.17, 15) is 4.79 Å². The lowest BCUT2D eigenvalue weighted by Gasteiger charge is -2.24. The van der Waals surface area contributed by atoms with Crippen LogP contribution in [0.2, 0.25) is 0 Å². The van der Waals surface area contributed by atoms with Gasteiger partial charge in [-0.05, 0) is 32.3 Å². The Morgan fingerprint density at radius 3 is 2.17 bits per heavy atom. The average molecular weight is 334 g/mol. The minimum Gasteiger partial charge on any atom is -0.426 e. The summed E-state index contributed by atoms with van der Waals surface area (Å²) in [6.45, 7) is 2.04. The first-order chi connectivity index (χ1) is 11.7. The molecule has 0 radical (unpaired) electrons. The minimum atomic E-state index is -0.793. The number of allylic oxidation sites excluding steroid dienone is 4. The third kappa shape index (κ3) is 9.07. The van der Waals surface area contributed by atoms with Gasteiger partial charge in [-0.3, -0.25) is 0 Å². The van der Waals surface area contributed by atoms with Crippen LogP contribution in [0.15, 0.2) is 36.5 Å². The third-order valence-corrected chi connectivity index (χ3v) is 4.43. The van der Waals surface area contributed by atoms with Crippen LogP contribution in [0.3, 0.4) is 0 Å². The number of rotatable bonds is 14. The molecule has 1 atom stereocenters. The van der Waals surface area contributed by atoms with Crippen molar-refractivity contribution in [3.63, 3.8) is 0 Å². The van der Waals surface area contributed by atoms with Crippen LogP contribution in [0.5, 0.6) is 0 Å². The number of hydrogen-bond acceptors (Lipinski definition) is 3. The van der Waals surface area contributed by atoms with E-state index >= 15 is 0 Å². The highest BCUT2D eigenvalue weighted by atomic mass is 16.7. The molecule has 0 bridgehead atoms. The average Bonchev–Trinajstić information content (AvgIpc) is 2.97. The molecule has 1 aliphatic heterocycles. The normalized spacial score (nSPS) is 20.5. The van der Waals surface area contributed by atoms with Gasteiger partial charge < -0.3 is 9.47 Å². The molecule has 136 valence electrons.